The van der Waals surface area contributed by atoms with E-state index in [4.69, 9.17) is 11.6 Å². The molecule has 10 heteroatoms. The van der Waals surface area contributed by atoms with Crippen LogP contribution in [0.25, 0.3) is 5.69 Å². The molecular formula is C27H28ClF3N4O2. The van der Waals surface area contributed by atoms with E-state index in [2.05, 4.69) is 21.5 Å². The average molecular weight is 533 g/mol. The lowest BCUT2D eigenvalue weighted by molar-refractivity contribution is -0.274. The first-order chi connectivity index (χ1) is 17.7. The van der Waals surface area contributed by atoms with E-state index in [0.29, 0.717) is 41.6 Å². The van der Waals surface area contributed by atoms with E-state index in [1.807, 2.05) is 23.1 Å². The van der Waals surface area contributed by atoms with Crippen LogP contribution in [-0.4, -0.2) is 57.8 Å². The van der Waals surface area contributed by atoms with Crippen LogP contribution in [0.2, 0.25) is 5.02 Å². The van der Waals surface area contributed by atoms with Gasteiger partial charge < -0.3 is 19.1 Å². The number of ether oxygens (including phenoxy) is 1. The van der Waals surface area contributed by atoms with Gasteiger partial charge >= 0.3 is 6.36 Å². The number of fused-ring (bicyclic) bond motifs is 1. The minimum atomic E-state index is -4.75. The number of carbonyl (C=O) groups excluding carboxylic acids is 1. The summed E-state index contributed by atoms with van der Waals surface area (Å²) in [6.45, 7) is 6.56. The number of likely N-dealkylation sites (tertiary alicyclic amines) is 1. The van der Waals surface area contributed by atoms with Crippen molar-refractivity contribution >= 4 is 17.5 Å². The highest BCUT2D eigenvalue weighted by molar-refractivity contribution is 6.30. The highest BCUT2D eigenvalue weighted by atomic mass is 35.5. The topological polar surface area (TPSA) is 50.6 Å². The molecule has 0 bridgehead atoms. The van der Waals surface area contributed by atoms with Gasteiger partial charge in [0.15, 0.2) is 0 Å². The van der Waals surface area contributed by atoms with E-state index >= 15 is 0 Å². The van der Waals surface area contributed by atoms with Crippen molar-refractivity contribution in [3.05, 3.63) is 77.3 Å². The average Bonchev–Trinajstić information content (AvgIpc) is 3.21. The van der Waals surface area contributed by atoms with E-state index < -0.39 is 6.36 Å². The molecule has 37 heavy (non-hydrogen) atoms. The minimum Gasteiger partial charge on any atom is -0.406 e. The molecule has 196 valence electrons. The Morgan fingerprint density at radius 3 is 2.54 bits per heavy atom. The summed E-state index contributed by atoms with van der Waals surface area (Å²) in [5.74, 6) is 1.21. The molecule has 2 aromatic carbocycles. The van der Waals surface area contributed by atoms with Crippen molar-refractivity contribution in [2.45, 2.75) is 26.3 Å². The van der Waals surface area contributed by atoms with Crippen LogP contribution in [-0.2, 0) is 6.54 Å². The van der Waals surface area contributed by atoms with E-state index in [1.165, 1.54) is 30.6 Å². The van der Waals surface area contributed by atoms with E-state index in [-0.39, 0.29) is 17.4 Å². The number of imidazole rings is 1. The summed E-state index contributed by atoms with van der Waals surface area (Å²) in [7, 11) is 0. The molecule has 0 N–H and O–H groups in total. The van der Waals surface area contributed by atoms with Gasteiger partial charge in [-0.25, -0.2) is 4.98 Å². The lowest BCUT2D eigenvalue weighted by Crippen LogP contribution is -2.35. The molecule has 2 fully saturated rings. The Labute approximate surface area is 218 Å². The highest BCUT2D eigenvalue weighted by Crippen LogP contribution is 2.52. The van der Waals surface area contributed by atoms with Gasteiger partial charge in [-0.1, -0.05) is 30.7 Å². The predicted octanol–water partition coefficient (Wildman–Crippen LogP) is 5.65. The SMILES string of the molecule is CCCN1CC2C(C1)C2CN(Cc1cccc(Cl)c1)C(=O)c1cn(-c2ccc(OC(F)(F)F)cc2)cn1. The molecule has 1 aromatic heterocycles. The Bertz CT molecular complexity index is 1230. The van der Waals surface area contributed by atoms with Gasteiger partial charge in [0, 0.05) is 43.1 Å². The smallest absolute Gasteiger partial charge is 0.406 e. The van der Waals surface area contributed by atoms with Gasteiger partial charge in [0.2, 0.25) is 0 Å². The van der Waals surface area contributed by atoms with Crippen molar-refractivity contribution in [3.8, 4) is 11.4 Å². The second kappa shape index (κ2) is 10.4. The number of aromatic nitrogens is 2. The quantitative estimate of drug-likeness (QED) is 0.357. The van der Waals surface area contributed by atoms with Crippen molar-refractivity contribution < 1.29 is 22.7 Å². The summed E-state index contributed by atoms with van der Waals surface area (Å²) in [6, 6.07) is 12.9. The highest BCUT2D eigenvalue weighted by Gasteiger charge is 2.55. The molecule has 0 spiro atoms. The van der Waals surface area contributed by atoms with Crippen LogP contribution in [0.4, 0.5) is 13.2 Å². The molecule has 1 saturated heterocycles. The minimum absolute atomic E-state index is 0.189. The second-order valence-electron chi connectivity index (χ2n) is 9.77. The number of amides is 1. The first-order valence-electron chi connectivity index (χ1n) is 12.4. The maximum absolute atomic E-state index is 13.6. The number of halogens is 4. The van der Waals surface area contributed by atoms with Gasteiger partial charge in [-0.05, 0) is 72.7 Å². The Morgan fingerprint density at radius 2 is 1.89 bits per heavy atom. The normalized spacial score (nSPS) is 21.1. The fraction of sp³-hybridized carbons (Fsp3) is 0.407. The molecule has 1 aliphatic heterocycles. The van der Waals surface area contributed by atoms with Crippen LogP contribution in [0.15, 0.2) is 61.1 Å². The first-order valence-corrected chi connectivity index (χ1v) is 12.7. The van der Waals surface area contributed by atoms with Gasteiger partial charge in [0.25, 0.3) is 5.91 Å². The molecule has 2 unspecified atom stereocenters. The Balaban J connectivity index is 1.30. The van der Waals surface area contributed by atoms with Crippen molar-refractivity contribution in [1.29, 1.82) is 0 Å². The lowest BCUT2D eigenvalue weighted by atomic mass is 10.1. The number of piperidine rings is 1. The monoisotopic (exact) mass is 532 g/mol. The first kappa shape index (κ1) is 25.6. The van der Waals surface area contributed by atoms with Gasteiger partial charge in [0.1, 0.15) is 17.8 Å². The van der Waals surface area contributed by atoms with Crippen molar-refractivity contribution in [3.63, 3.8) is 0 Å². The molecule has 1 saturated carbocycles. The van der Waals surface area contributed by atoms with Gasteiger partial charge in [-0.15, -0.1) is 13.2 Å². The van der Waals surface area contributed by atoms with Crippen LogP contribution < -0.4 is 4.74 Å². The Hall–Kier alpha value is -3.04. The van der Waals surface area contributed by atoms with Crippen molar-refractivity contribution in [2.75, 3.05) is 26.2 Å². The molecule has 2 aliphatic rings. The van der Waals surface area contributed by atoms with Crippen LogP contribution in [0.3, 0.4) is 0 Å². The number of carbonyl (C=O) groups is 1. The number of hydrogen-bond acceptors (Lipinski definition) is 4. The van der Waals surface area contributed by atoms with Gasteiger partial charge in [-0.3, -0.25) is 4.79 Å². The van der Waals surface area contributed by atoms with Crippen molar-refractivity contribution in [2.24, 2.45) is 17.8 Å². The molecule has 0 radical (unpaired) electrons. The number of nitrogens with zero attached hydrogens (tertiary/aromatic N) is 4. The third-order valence-corrected chi connectivity index (χ3v) is 7.37. The third-order valence-electron chi connectivity index (χ3n) is 7.14. The van der Waals surface area contributed by atoms with Crippen LogP contribution in [0.5, 0.6) is 5.75 Å². The van der Waals surface area contributed by atoms with Gasteiger partial charge in [0.05, 0.1) is 0 Å². The van der Waals surface area contributed by atoms with Crippen LogP contribution >= 0.6 is 11.6 Å². The predicted molar refractivity (Wildman–Crippen MR) is 134 cm³/mol. The molecule has 1 aliphatic carbocycles. The fourth-order valence-electron chi connectivity index (χ4n) is 5.39. The Morgan fingerprint density at radius 1 is 1.16 bits per heavy atom. The zero-order valence-corrected chi connectivity index (χ0v) is 21.1. The van der Waals surface area contributed by atoms with E-state index in [0.717, 1.165) is 31.6 Å². The molecular weight excluding hydrogens is 505 g/mol. The molecule has 5 rings (SSSR count). The zero-order valence-electron chi connectivity index (χ0n) is 20.4. The number of benzene rings is 2. The van der Waals surface area contributed by atoms with Gasteiger partial charge in [-0.2, -0.15) is 0 Å². The van der Waals surface area contributed by atoms with Crippen LogP contribution in [0.1, 0.15) is 29.4 Å². The lowest BCUT2D eigenvalue weighted by Gasteiger charge is -2.25. The number of hydrogen-bond donors (Lipinski definition) is 0. The molecule has 6 nitrogen and oxygen atoms in total. The van der Waals surface area contributed by atoms with Crippen LogP contribution in [0, 0.1) is 17.8 Å². The number of alkyl halides is 3. The number of rotatable bonds is 9. The van der Waals surface area contributed by atoms with E-state index in [1.54, 1.807) is 16.8 Å². The Kier molecular flexibility index (Phi) is 7.18. The largest absolute Gasteiger partial charge is 0.573 e. The summed E-state index contributed by atoms with van der Waals surface area (Å²) in [6.07, 6.45) is -0.524. The van der Waals surface area contributed by atoms with E-state index in [9.17, 15) is 18.0 Å². The zero-order chi connectivity index (χ0) is 26.2. The van der Waals surface area contributed by atoms with Crippen molar-refractivity contribution in [1.82, 2.24) is 19.4 Å². The summed E-state index contributed by atoms with van der Waals surface area (Å²) in [4.78, 5) is 22.3. The third kappa shape index (κ3) is 6.10. The summed E-state index contributed by atoms with van der Waals surface area (Å²) < 4.78 is 42.9. The molecule has 2 atom stereocenters. The molecule has 3 aromatic rings. The maximum atomic E-state index is 13.6. The summed E-state index contributed by atoms with van der Waals surface area (Å²) >= 11 is 6.19. The molecule has 1 amide bonds. The fourth-order valence-corrected chi connectivity index (χ4v) is 5.61. The maximum Gasteiger partial charge on any atom is 0.573 e. The summed E-state index contributed by atoms with van der Waals surface area (Å²) in [5.41, 5.74) is 1.78. The summed E-state index contributed by atoms with van der Waals surface area (Å²) in [5, 5.41) is 0.616. The molecule has 2 heterocycles. The standard InChI is InChI=1S/C27H28ClF3N4O2/c1-2-10-33-13-22-23(14-33)24(22)15-34(12-18-4-3-5-19(28)11-18)26(36)25-16-35(17-32-25)20-6-8-21(9-7-20)37-27(29,30)31/h3-9,11,16-17,22-24H,2,10,12-15H2,1H3. The second-order valence-corrected chi connectivity index (χ2v) is 10.2.